The second kappa shape index (κ2) is 6.93. The molecule has 0 spiro atoms. The van der Waals surface area contributed by atoms with Gasteiger partial charge in [-0.25, -0.2) is 0 Å². The van der Waals surface area contributed by atoms with E-state index in [4.69, 9.17) is 21.1 Å². The SMILES string of the molecule is COc1ccc2c(c1)C(=O)CCN2C(=O)COc1ccc(Cl)cc1. The lowest BCUT2D eigenvalue weighted by Gasteiger charge is -2.29. The molecule has 1 heterocycles. The van der Waals surface area contributed by atoms with Crippen LogP contribution in [-0.2, 0) is 4.79 Å². The highest BCUT2D eigenvalue weighted by atomic mass is 35.5. The number of hydrogen-bond donors (Lipinski definition) is 0. The normalized spacial score (nSPS) is 13.4. The van der Waals surface area contributed by atoms with E-state index in [1.807, 2.05) is 0 Å². The van der Waals surface area contributed by atoms with Gasteiger partial charge in [0.2, 0.25) is 0 Å². The number of benzene rings is 2. The van der Waals surface area contributed by atoms with E-state index in [2.05, 4.69) is 0 Å². The summed E-state index contributed by atoms with van der Waals surface area (Å²) in [7, 11) is 1.54. The van der Waals surface area contributed by atoms with E-state index in [0.29, 0.717) is 34.3 Å². The van der Waals surface area contributed by atoms with Gasteiger partial charge < -0.3 is 14.4 Å². The first-order chi connectivity index (χ1) is 11.6. The minimum Gasteiger partial charge on any atom is -0.497 e. The largest absolute Gasteiger partial charge is 0.497 e. The van der Waals surface area contributed by atoms with Crippen LogP contribution in [0.4, 0.5) is 5.69 Å². The van der Waals surface area contributed by atoms with E-state index >= 15 is 0 Å². The summed E-state index contributed by atoms with van der Waals surface area (Å²) < 4.78 is 10.7. The van der Waals surface area contributed by atoms with Gasteiger partial charge in [0.05, 0.1) is 12.8 Å². The van der Waals surface area contributed by atoms with E-state index in [9.17, 15) is 9.59 Å². The zero-order valence-electron chi connectivity index (χ0n) is 13.1. The number of rotatable bonds is 4. The maximum atomic E-state index is 12.5. The molecule has 24 heavy (non-hydrogen) atoms. The number of amides is 1. The molecule has 1 amide bonds. The van der Waals surface area contributed by atoms with E-state index in [-0.39, 0.29) is 24.7 Å². The van der Waals surface area contributed by atoms with Gasteiger partial charge in [-0.3, -0.25) is 9.59 Å². The number of anilines is 1. The summed E-state index contributed by atoms with van der Waals surface area (Å²) >= 11 is 5.82. The van der Waals surface area contributed by atoms with Gasteiger partial charge in [-0.05, 0) is 42.5 Å². The lowest BCUT2D eigenvalue weighted by molar-refractivity contribution is -0.120. The van der Waals surface area contributed by atoms with Gasteiger partial charge in [-0.15, -0.1) is 0 Å². The number of nitrogens with zero attached hydrogens (tertiary/aromatic N) is 1. The Bertz CT molecular complexity index is 773. The third kappa shape index (κ3) is 3.36. The van der Waals surface area contributed by atoms with E-state index in [1.54, 1.807) is 47.4 Å². The number of halogens is 1. The van der Waals surface area contributed by atoms with E-state index in [1.165, 1.54) is 7.11 Å². The van der Waals surface area contributed by atoms with Gasteiger partial charge in [-0.1, -0.05) is 11.6 Å². The minimum absolute atomic E-state index is 0.00608. The van der Waals surface area contributed by atoms with Crippen LogP contribution >= 0.6 is 11.6 Å². The second-order valence-corrected chi connectivity index (χ2v) is 5.78. The third-order valence-electron chi connectivity index (χ3n) is 3.83. The first-order valence-corrected chi connectivity index (χ1v) is 7.86. The Morgan fingerprint density at radius 3 is 2.58 bits per heavy atom. The summed E-state index contributed by atoms with van der Waals surface area (Å²) in [6.45, 7) is 0.238. The molecule has 124 valence electrons. The van der Waals surface area contributed by atoms with Crippen molar-refractivity contribution in [1.82, 2.24) is 0 Å². The lowest BCUT2D eigenvalue weighted by atomic mass is 10.00. The van der Waals surface area contributed by atoms with Gasteiger partial charge in [0.25, 0.3) is 5.91 Å². The number of carbonyl (C=O) groups excluding carboxylic acids is 2. The summed E-state index contributed by atoms with van der Waals surface area (Å²) in [5, 5.41) is 0.603. The fourth-order valence-corrected chi connectivity index (χ4v) is 2.71. The summed E-state index contributed by atoms with van der Waals surface area (Å²) in [6, 6.07) is 11.9. The lowest BCUT2D eigenvalue weighted by Crippen LogP contribution is -2.40. The molecular weight excluding hydrogens is 330 g/mol. The predicted octanol–water partition coefficient (Wildman–Crippen LogP) is 3.35. The van der Waals surface area contributed by atoms with Gasteiger partial charge >= 0.3 is 0 Å². The Kier molecular flexibility index (Phi) is 4.71. The number of ether oxygens (including phenoxy) is 2. The van der Waals surface area contributed by atoms with Crippen LogP contribution in [0.2, 0.25) is 5.02 Å². The van der Waals surface area contributed by atoms with Gasteiger partial charge in [-0.2, -0.15) is 0 Å². The summed E-state index contributed by atoms with van der Waals surface area (Å²) in [5.41, 5.74) is 1.09. The Morgan fingerprint density at radius 2 is 1.88 bits per heavy atom. The summed E-state index contributed by atoms with van der Waals surface area (Å²) in [6.07, 6.45) is 0.285. The van der Waals surface area contributed by atoms with Crippen LogP contribution in [0.1, 0.15) is 16.8 Å². The van der Waals surface area contributed by atoms with Crippen molar-refractivity contribution in [2.75, 3.05) is 25.2 Å². The smallest absolute Gasteiger partial charge is 0.264 e. The Hall–Kier alpha value is -2.53. The van der Waals surface area contributed by atoms with E-state index < -0.39 is 0 Å². The fourth-order valence-electron chi connectivity index (χ4n) is 2.58. The highest BCUT2D eigenvalue weighted by Gasteiger charge is 2.27. The number of hydrogen-bond acceptors (Lipinski definition) is 4. The van der Waals surface area contributed by atoms with Gasteiger partial charge in [0, 0.05) is 23.6 Å². The topological polar surface area (TPSA) is 55.8 Å². The molecule has 2 aromatic rings. The second-order valence-electron chi connectivity index (χ2n) is 5.34. The van der Waals surface area contributed by atoms with Crippen LogP contribution in [0.25, 0.3) is 0 Å². The number of carbonyl (C=O) groups is 2. The van der Waals surface area contributed by atoms with E-state index in [0.717, 1.165) is 0 Å². The molecule has 1 aliphatic heterocycles. The standard InChI is InChI=1S/C18H16ClNO4/c1-23-14-6-7-16-15(10-14)17(21)8-9-20(16)18(22)11-24-13-4-2-12(19)3-5-13/h2-7,10H,8-9,11H2,1H3. The van der Waals surface area contributed by atoms with Gasteiger partial charge in [0.1, 0.15) is 11.5 Å². The average molecular weight is 346 g/mol. The Labute approximate surface area is 144 Å². The monoisotopic (exact) mass is 345 g/mol. The van der Waals surface area contributed by atoms with Crippen molar-refractivity contribution in [2.24, 2.45) is 0 Å². The van der Waals surface area contributed by atoms with Crippen LogP contribution < -0.4 is 14.4 Å². The molecule has 0 saturated heterocycles. The van der Waals surface area contributed by atoms with Crippen molar-refractivity contribution in [3.8, 4) is 11.5 Å². The highest BCUT2D eigenvalue weighted by Crippen LogP contribution is 2.30. The average Bonchev–Trinajstić information content (AvgIpc) is 2.61. The molecule has 3 rings (SSSR count). The van der Waals surface area contributed by atoms with Crippen molar-refractivity contribution in [2.45, 2.75) is 6.42 Å². The molecule has 0 N–H and O–H groups in total. The van der Waals surface area contributed by atoms with Crippen molar-refractivity contribution < 1.29 is 19.1 Å². The number of methoxy groups -OCH3 is 1. The van der Waals surface area contributed by atoms with Crippen molar-refractivity contribution in [1.29, 1.82) is 0 Å². The number of ketones is 1. The molecule has 6 heteroatoms. The van der Waals surface area contributed by atoms with Crippen LogP contribution in [0.5, 0.6) is 11.5 Å². The molecule has 0 atom stereocenters. The zero-order chi connectivity index (χ0) is 17.1. The molecule has 2 aromatic carbocycles. The maximum absolute atomic E-state index is 12.5. The number of fused-ring (bicyclic) bond motifs is 1. The molecule has 0 aliphatic carbocycles. The van der Waals surface area contributed by atoms with Crippen LogP contribution in [-0.4, -0.2) is 32.0 Å². The summed E-state index contributed by atoms with van der Waals surface area (Å²) in [4.78, 5) is 26.2. The molecule has 0 saturated carbocycles. The first kappa shape index (κ1) is 16.3. The predicted molar refractivity (Wildman–Crippen MR) is 91.2 cm³/mol. The molecule has 0 bridgehead atoms. The molecule has 0 fully saturated rings. The van der Waals surface area contributed by atoms with Crippen molar-refractivity contribution in [3.63, 3.8) is 0 Å². The molecule has 0 unspecified atom stereocenters. The number of Topliss-reactive ketones (excluding diaryl/α,β-unsaturated/α-hetero) is 1. The highest BCUT2D eigenvalue weighted by molar-refractivity contribution is 6.30. The van der Waals surface area contributed by atoms with Crippen LogP contribution in [0.3, 0.4) is 0 Å². The molecule has 5 nitrogen and oxygen atoms in total. The zero-order valence-corrected chi connectivity index (χ0v) is 13.9. The fraction of sp³-hybridized carbons (Fsp3) is 0.222. The molecule has 1 aliphatic rings. The molecule has 0 aromatic heterocycles. The quantitative estimate of drug-likeness (QED) is 0.852. The Morgan fingerprint density at radius 1 is 1.17 bits per heavy atom. The maximum Gasteiger partial charge on any atom is 0.264 e. The van der Waals surface area contributed by atoms with Crippen molar-refractivity contribution in [3.05, 3.63) is 53.1 Å². The van der Waals surface area contributed by atoms with Crippen LogP contribution in [0.15, 0.2) is 42.5 Å². The van der Waals surface area contributed by atoms with Crippen LogP contribution in [0, 0.1) is 0 Å². The van der Waals surface area contributed by atoms with Gasteiger partial charge in [0.15, 0.2) is 12.4 Å². The minimum atomic E-state index is -0.205. The van der Waals surface area contributed by atoms with Crippen molar-refractivity contribution >= 4 is 29.0 Å². The molecule has 0 radical (unpaired) electrons. The Balaban J connectivity index is 1.75. The molecular formula is C18H16ClNO4. The first-order valence-electron chi connectivity index (χ1n) is 7.48. The summed E-state index contributed by atoms with van der Waals surface area (Å²) in [5.74, 6) is 0.958. The third-order valence-corrected chi connectivity index (χ3v) is 4.09.